The summed E-state index contributed by atoms with van der Waals surface area (Å²) in [7, 11) is 0. The van der Waals surface area contributed by atoms with Crippen molar-refractivity contribution in [1.29, 1.82) is 0 Å². The summed E-state index contributed by atoms with van der Waals surface area (Å²) in [4.78, 5) is 0. The van der Waals surface area contributed by atoms with Crippen molar-refractivity contribution >= 4 is 0 Å². The van der Waals surface area contributed by atoms with Crippen LogP contribution in [-0.4, -0.2) is 0 Å². The molecule has 1 heteroatoms. The van der Waals surface area contributed by atoms with E-state index in [-0.39, 0.29) is 5.82 Å². The molecular formula is C30H43F. The third-order valence-corrected chi connectivity index (χ3v) is 9.13. The van der Waals surface area contributed by atoms with Crippen LogP contribution in [0.1, 0.15) is 101 Å². The smallest absolute Gasteiger partial charge is 0.126 e. The maximum Gasteiger partial charge on any atom is 0.126 e. The van der Waals surface area contributed by atoms with Gasteiger partial charge in [0.15, 0.2) is 0 Å². The third kappa shape index (κ3) is 5.71. The molecule has 0 aromatic heterocycles. The summed E-state index contributed by atoms with van der Waals surface area (Å²) in [5, 5.41) is 0. The Bertz CT molecular complexity index is 726. The molecule has 0 N–H and O–H groups in total. The van der Waals surface area contributed by atoms with Crippen LogP contribution in [0.4, 0.5) is 4.39 Å². The molecule has 0 nitrogen and oxygen atoms in total. The maximum absolute atomic E-state index is 14.9. The number of hydrogen-bond donors (Lipinski definition) is 0. The molecule has 4 atom stereocenters. The van der Waals surface area contributed by atoms with Crippen molar-refractivity contribution in [3.05, 3.63) is 60.5 Å². The van der Waals surface area contributed by atoms with Crippen molar-refractivity contribution in [2.24, 2.45) is 29.6 Å². The molecule has 170 valence electrons. The summed E-state index contributed by atoms with van der Waals surface area (Å²) in [5.74, 6) is 5.12. The van der Waals surface area contributed by atoms with Gasteiger partial charge in [-0.25, -0.2) is 4.39 Å². The van der Waals surface area contributed by atoms with E-state index < -0.39 is 0 Å². The van der Waals surface area contributed by atoms with E-state index in [4.69, 9.17) is 0 Å². The van der Waals surface area contributed by atoms with Gasteiger partial charge in [-0.3, -0.25) is 0 Å². The Labute approximate surface area is 190 Å². The van der Waals surface area contributed by atoms with Gasteiger partial charge in [0.25, 0.3) is 0 Å². The molecule has 4 rings (SSSR count). The normalized spacial score (nSPS) is 33.5. The second kappa shape index (κ2) is 11.0. The third-order valence-electron chi connectivity index (χ3n) is 9.13. The number of halogens is 1. The fourth-order valence-corrected chi connectivity index (χ4v) is 7.26. The first kappa shape index (κ1) is 22.8. The summed E-state index contributed by atoms with van der Waals surface area (Å²) < 4.78 is 14.9. The zero-order valence-corrected chi connectivity index (χ0v) is 19.5. The minimum absolute atomic E-state index is 0.0342. The standard InChI is InChI=1S/C30H43F/c1-3-5-7-22-9-12-24(13-10-22)25-14-15-27-21-28(17-16-26(27)20-25)29-18-11-23(8-6-4-2)19-30(29)31/h3-4,11,18-19,22,24-28H,1-2,5-10,12-17,20-21H2. The lowest BCUT2D eigenvalue weighted by molar-refractivity contribution is 0.0709. The topological polar surface area (TPSA) is 0 Å². The fraction of sp³-hybridized carbons (Fsp3) is 0.667. The van der Waals surface area contributed by atoms with Crippen LogP contribution in [0, 0.1) is 35.4 Å². The van der Waals surface area contributed by atoms with Gasteiger partial charge in [-0.15, -0.1) is 13.2 Å². The zero-order valence-electron chi connectivity index (χ0n) is 19.5. The Morgan fingerprint density at radius 1 is 0.774 bits per heavy atom. The summed E-state index contributed by atoms with van der Waals surface area (Å²) >= 11 is 0. The van der Waals surface area contributed by atoms with Gasteiger partial charge < -0.3 is 0 Å². The van der Waals surface area contributed by atoms with Crippen molar-refractivity contribution in [3.63, 3.8) is 0 Å². The molecule has 0 bridgehead atoms. The van der Waals surface area contributed by atoms with E-state index in [1.54, 1.807) is 6.07 Å². The minimum atomic E-state index is 0.0342. The molecule has 3 aliphatic carbocycles. The fourth-order valence-electron chi connectivity index (χ4n) is 7.26. The Balaban J connectivity index is 1.28. The monoisotopic (exact) mass is 422 g/mol. The Kier molecular flexibility index (Phi) is 8.07. The molecule has 0 spiro atoms. The predicted octanol–water partition coefficient (Wildman–Crippen LogP) is 9.02. The summed E-state index contributed by atoms with van der Waals surface area (Å²) in [6, 6.07) is 6.03. The van der Waals surface area contributed by atoms with Crippen LogP contribution in [0.3, 0.4) is 0 Å². The number of allylic oxidation sites excluding steroid dienone is 2. The maximum atomic E-state index is 14.9. The van der Waals surface area contributed by atoms with Gasteiger partial charge in [-0.2, -0.15) is 0 Å². The average molecular weight is 423 g/mol. The van der Waals surface area contributed by atoms with Crippen LogP contribution >= 0.6 is 0 Å². The highest BCUT2D eigenvalue weighted by Gasteiger charge is 2.39. The Morgan fingerprint density at radius 2 is 1.42 bits per heavy atom. The summed E-state index contributed by atoms with van der Waals surface area (Å²) in [5.41, 5.74) is 2.09. The van der Waals surface area contributed by atoms with Crippen molar-refractivity contribution in [3.8, 4) is 0 Å². The van der Waals surface area contributed by atoms with Crippen LogP contribution in [-0.2, 0) is 6.42 Å². The molecule has 0 saturated heterocycles. The first-order valence-corrected chi connectivity index (χ1v) is 13.2. The van der Waals surface area contributed by atoms with E-state index in [9.17, 15) is 4.39 Å². The number of hydrogen-bond acceptors (Lipinski definition) is 0. The molecule has 0 radical (unpaired) electrons. The average Bonchev–Trinajstić information content (AvgIpc) is 2.81. The van der Waals surface area contributed by atoms with Gasteiger partial charge in [0.1, 0.15) is 5.82 Å². The second-order valence-electron chi connectivity index (χ2n) is 10.9. The van der Waals surface area contributed by atoms with Gasteiger partial charge in [0.05, 0.1) is 0 Å². The molecular weight excluding hydrogens is 379 g/mol. The van der Waals surface area contributed by atoms with Gasteiger partial charge in [0.2, 0.25) is 0 Å². The van der Waals surface area contributed by atoms with Crippen LogP contribution in [0.2, 0.25) is 0 Å². The Morgan fingerprint density at radius 3 is 2.13 bits per heavy atom. The highest BCUT2D eigenvalue weighted by atomic mass is 19.1. The van der Waals surface area contributed by atoms with Gasteiger partial charge >= 0.3 is 0 Å². The molecule has 3 saturated carbocycles. The summed E-state index contributed by atoms with van der Waals surface area (Å²) in [6.45, 7) is 7.67. The van der Waals surface area contributed by atoms with Gasteiger partial charge in [0, 0.05) is 0 Å². The molecule has 1 aromatic rings. The molecule has 3 fully saturated rings. The number of rotatable bonds is 8. The summed E-state index contributed by atoms with van der Waals surface area (Å²) in [6.07, 6.45) is 22.2. The van der Waals surface area contributed by atoms with E-state index in [0.29, 0.717) is 5.92 Å². The first-order valence-electron chi connectivity index (χ1n) is 13.2. The quantitative estimate of drug-likeness (QED) is 0.367. The van der Waals surface area contributed by atoms with E-state index in [2.05, 4.69) is 31.4 Å². The molecule has 4 unspecified atom stereocenters. The van der Waals surface area contributed by atoms with E-state index in [1.165, 1.54) is 77.0 Å². The van der Waals surface area contributed by atoms with Gasteiger partial charge in [-0.05, 0) is 130 Å². The molecule has 0 heterocycles. The van der Waals surface area contributed by atoms with Crippen molar-refractivity contribution < 1.29 is 4.39 Å². The van der Waals surface area contributed by atoms with Crippen LogP contribution in [0.15, 0.2) is 43.5 Å². The second-order valence-corrected chi connectivity index (χ2v) is 10.9. The highest BCUT2D eigenvalue weighted by molar-refractivity contribution is 5.28. The van der Waals surface area contributed by atoms with E-state index in [1.807, 2.05) is 6.08 Å². The first-order chi connectivity index (χ1) is 15.2. The predicted molar refractivity (Wildman–Crippen MR) is 131 cm³/mol. The zero-order chi connectivity index (χ0) is 21.6. The SMILES string of the molecule is C=CCCc1ccc(C2CCC3CC(C4CCC(CCC=C)CC4)CCC3C2)c(F)c1. The number of benzene rings is 1. The van der Waals surface area contributed by atoms with Crippen LogP contribution in [0.25, 0.3) is 0 Å². The van der Waals surface area contributed by atoms with Crippen LogP contribution in [0.5, 0.6) is 0 Å². The lowest BCUT2D eigenvalue weighted by atomic mass is 9.60. The van der Waals surface area contributed by atoms with Crippen molar-refractivity contribution in [2.45, 2.75) is 95.8 Å². The molecule has 3 aliphatic rings. The van der Waals surface area contributed by atoms with E-state index in [0.717, 1.165) is 53.6 Å². The van der Waals surface area contributed by atoms with Crippen molar-refractivity contribution in [1.82, 2.24) is 0 Å². The number of fused-ring (bicyclic) bond motifs is 1. The van der Waals surface area contributed by atoms with Crippen molar-refractivity contribution in [2.75, 3.05) is 0 Å². The molecule has 31 heavy (non-hydrogen) atoms. The van der Waals surface area contributed by atoms with Crippen LogP contribution < -0.4 is 0 Å². The minimum Gasteiger partial charge on any atom is -0.207 e. The highest BCUT2D eigenvalue weighted by Crippen LogP contribution is 2.51. The number of aryl methyl sites for hydroxylation is 1. The molecule has 0 aliphatic heterocycles. The largest absolute Gasteiger partial charge is 0.207 e. The Hall–Kier alpha value is -1.37. The lowest BCUT2D eigenvalue weighted by Gasteiger charge is -2.45. The van der Waals surface area contributed by atoms with Gasteiger partial charge in [-0.1, -0.05) is 37.1 Å². The lowest BCUT2D eigenvalue weighted by Crippen LogP contribution is -2.34. The van der Waals surface area contributed by atoms with E-state index >= 15 is 0 Å². The molecule has 0 amide bonds. The molecule has 1 aromatic carbocycles.